The predicted molar refractivity (Wildman–Crippen MR) is 83.5 cm³/mol. The second kappa shape index (κ2) is 6.84. The lowest BCUT2D eigenvalue weighted by molar-refractivity contribution is 0.0322. The Morgan fingerprint density at radius 3 is 3.00 bits per heavy atom. The van der Waals surface area contributed by atoms with Crippen LogP contribution in [0.3, 0.4) is 0 Å². The van der Waals surface area contributed by atoms with E-state index in [1.807, 2.05) is 0 Å². The Morgan fingerprint density at radius 1 is 1.45 bits per heavy atom. The first kappa shape index (κ1) is 14.9. The van der Waals surface area contributed by atoms with Gasteiger partial charge in [-0.1, -0.05) is 5.92 Å². The van der Waals surface area contributed by atoms with Crippen LogP contribution in [0.2, 0.25) is 0 Å². The Balaban J connectivity index is 1.70. The van der Waals surface area contributed by atoms with Crippen LogP contribution < -0.4 is 10.2 Å². The van der Waals surface area contributed by atoms with Gasteiger partial charge in [0.05, 0.1) is 36.7 Å². The number of aromatic nitrogens is 2. The summed E-state index contributed by atoms with van der Waals surface area (Å²) in [6, 6.07) is 1.76. The topological polar surface area (TPSA) is 59.2 Å². The van der Waals surface area contributed by atoms with Gasteiger partial charge in [-0.15, -0.1) is 6.42 Å². The lowest BCUT2D eigenvalue weighted by atomic mass is 9.87. The number of nitrogens with zero attached hydrogens (tertiary/aromatic N) is 3. The van der Waals surface area contributed by atoms with Crippen molar-refractivity contribution in [2.24, 2.45) is 0 Å². The zero-order valence-electron chi connectivity index (χ0n) is 12.2. The van der Waals surface area contributed by atoms with Crippen LogP contribution in [-0.4, -0.2) is 66.5 Å². The minimum absolute atomic E-state index is 0.569. The largest absolute Gasteiger partial charge is 0.491 e. The van der Waals surface area contributed by atoms with Gasteiger partial charge >= 0.3 is 7.48 Å². The van der Waals surface area contributed by atoms with Crippen molar-refractivity contribution in [2.75, 3.05) is 39.5 Å². The van der Waals surface area contributed by atoms with Crippen molar-refractivity contribution in [1.29, 1.82) is 0 Å². The van der Waals surface area contributed by atoms with Crippen LogP contribution in [0.1, 0.15) is 5.56 Å². The molecule has 1 aliphatic heterocycles. The van der Waals surface area contributed by atoms with Gasteiger partial charge in [0.1, 0.15) is 12.4 Å². The van der Waals surface area contributed by atoms with Crippen molar-refractivity contribution >= 4 is 18.5 Å². The molecule has 1 N–H and O–H groups in total. The van der Waals surface area contributed by atoms with Gasteiger partial charge in [0.25, 0.3) is 0 Å². The Hall–Kier alpha value is -2.01. The highest BCUT2D eigenvalue weighted by atomic mass is 16.5. The van der Waals surface area contributed by atoms with E-state index in [1.54, 1.807) is 23.0 Å². The van der Waals surface area contributed by atoms with Gasteiger partial charge in [0.2, 0.25) is 0 Å². The molecule has 22 heavy (non-hydrogen) atoms. The smallest absolute Gasteiger partial charge is 0.329 e. The van der Waals surface area contributed by atoms with Crippen LogP contribution >= 0.6 is 0 Å². The van der Waals surface area contributed by atoms with Gasteiger partial charge in [0, 0.05) is 19.6 Å². The molecule has 1 saturated heterocycles. The summed E-state index contributed by atoms with van der Waals surface area (Å²) in [6.07, 6.45) is 8.80. The van der Waals surface area contributed by atoms with Crippen LogP contribution in [0.25, 0.3) is 5.52 Å². The summed E-state index contributed by atoms with van der Waals surface area (Å²) < 4.78 is 12.7. The number of hydrogen-bond donors (Lipinski definition) is 1. The summed E-state index contributed by atoms with van der Waals surface area (Å²) in [7, 11) is 1.02. The number of hydrogen-bond acceptors (Lipinski definition) is 5. The van der Waals surface area contributed by atoms with Gasteiger partial charge in [-0.2, -0.15) is 5.10 Å². The van der Waals surface area contributed by atoms with Gasteiger partial charge in [-0.3, -0.25) is 4.90 Å². The van der Waals surface area contributed by atoms with Crippen molar-refractivity contribution < 1.29 is 14.5 Å². The lowest BCUT2D eigenvalue weighted by Crippen LogP contribution is -2.38. The fraction of sp³-hybridized carbons (Fsp3) is 0.400. The molecular formula is C15H17BN3O3. The maximum absolute atomic E-state index is 9.42. The van der Waals surface area contributed by atoms with Crippen molar-refractivity contribution in [2.45, 2.75) is 0 Å². The normalized spacial score (nSPS) is 15.6. The third kappa shape index (κ3) is 3.09. The fourth-order valence-electron chi connectivity index (χ4n) is 2.53. The molecule has 1 aliphatic rings. The molecule has 0 atom stereocenters. The second-order valence-corrected chi connectivity index (χ2v) is 5.06. The molecule has 2 aromatic rings. The molecule has 3 heterocycles. The average molecular weight is 298 g/mol. The molecule has 0 aromatic carbocycles. The summed E-state index contributed by atoms with van der Waals surface area (Å²) in [6.45, 7) is 4.83. The van der Waals surface area contributed by atoms with E-state index < -0.39 is 0 Å². The molecule has 0 saturated carbocycles. The molecule has 6 nitrogen and oxygen atoms in total. The van der Waals surface area contributed by atoms with E-state index in [9.17, 15) is 5.02 Å². The van der Waals surface area contributed by atoms with E-state index in [1.165, 1.54) is 0 Å². The number of morpholine rings is 1. The Bertz CT molecular complexity index is 689. The SMILES string of the molecule is C#Cc1cnn2cc(OCCN3CCOCC3)cc([B]O)c12. The highest BCUT2D eigenvalue weighted by Gasteiger charge is 2.12. The molecule has 0 spiro atoms. The van der Waals surface area contributed by atoms with Gasteiger partial charge in [0.15, 0.2) is 0 Å². The first-order valence-corrected chi connectivity index (χ1v) is 7.20. The first-order chi connectivity index (χ1) is 10.8. The molecule has 0 unspecified atom stereocenters. The zero-order chi connectivity index (χ0) is 15.4. The first-order valence-electron chi connectivity index (χ1n) is 7.20. The maximum atomic E-state index is 9.42. The molecule has 7 heteroatoms. The van der Waals surface area contributed by atoms with E-state index in [2.05, 4.69) is 15.9 Å². The fourth-order valence-corrected chi connectivity index (χ4v) is 2.53. The summed E-state index contributed by atoms with van der Waals surface area (Å²) in [5, 5.41) is 13.6. The molecule has 2 aromatic heterocycles. The molecule has 0 amide bonds. The quantitative estimate of drug-likeness (QED) is 0.582. The molecule has 1 fully saturated rings. The minimum Gasteiger partial charge on any atom is -0.491 e. The van der Waals surface area contributed by atoms with Gasteiger partial charge in [-0.25, -0.2) is 4.52 Å². The summed E-state index contributed by atoms with van der Waals surface area (Å²) in [4.78, 5) is 2.30. The van der Waals surface area contributed by atoms with Crippen molar-refractivity contribution in [1.82, 2.24) is 14.5 Å². The summed E-state index contributed by atoms with van der Waals surface area (Å²) in [5.41, 5.74) is 1.93. The summed E-state index contributed by atoms with van der Waals surface area (Å²) in [5.74, 6) is 3.20. The van der Waals surface area contributed by atoms with Crippen LogP contribution in [0.4, 0.5) is 0 Å². The van der Waals surface area contributed by atoms with Crippen molar-refractivity contribution in [3.05, 3.63) is 24.0 Å². The third-order valence-corrected chi connectivity index (χ3v) is 3.69. The van der Waals surface area contributed by atoms with E-state index in [0.717, 1.165) is 40.3 Å². The molecule has 0 aliphatic carbocycles. The molecule has 3 rings (SSSR count). The summed E-state index contributed by atoms with van der Waals surface area (Å²) >= 11 is 0. The van der Waals surface area contributed by atoms with Crippen LogP contribution in [0, 0.1) is 12.3 Å². The van der Waals surface area contributed by atoms with Crippen LogP contribution in [-0.2, 0) is 4.74 Å². The lowest BCUT2D eigenvalue weighted by Gasteiger charge is -2.26. The third-order valence-electron chi connectivity index (χ3n) is 3.69. The molecule has 113 valence electrons. The van der Waals surface area contributed by atoms with E-state index >= 15 is 0 Å². The average Bonchev–Trinajstić information content (AvgIpc) is 2.98. The molecule has 0 bridgehead atoms. The number of pyridine rings is 1. The minimum atomic E-state index is 0.569. The molecule has 1 radical (unpaired) electrons. The zero-order valence-corrected chi connectivity index (χ0v) is 12.2. The molecular weight excluding hydrogens is 281 g/mol. The Labute approximate surface area is 129 Å². The Morgan fingerprint density at radius 2 is 2.27 bits per heavy atom. The van der Waals surface area contributed by atoms with Gasteiger partial charge < -0.3 is 14.5 Å². The predicted octanol–water partition coefficient (Wildman–Crippen LogP) is -0.737. The highest BCUT2D eigenvalue weighted by molar-refractivity contribution is 6.49. The van der Waals surface area contributed by atoms with E-state index in [0.29, 0.717) is 28.9 Å². The van der Waals surface area contributed by atoms with Crippen LogP contribution in [0.15, 0.2) is 18.5 Å². The second-order valence-electron chi connectivity index (χ2n) is 5.06. The number of rotatable bonds is 5. The van der Waals surface area contributed by atoms with Gasteiger partial charge in [-0.05, 0) is 11.5 Å². The van der Waals surface area contributed by atoms with Crippen molar-refractivity contribution in [3.8, 4) is 18.1 Å². The standard InChI is InChI=1S/C15H17BN3O3/c1-2-12-10-17-19-11-13(9-14(16-20)15(12)19)22-8-5-18-3-6-21-7-4-18/h1,9-11,20H,3-8H2. The highest BCUT2D eigenvalue weighted by Crippen LogP contribution is 2.14. The number of terminal acetylenes is 1. The monoisotopic (exact) mass is 298 g/mol. The van der Waals surface area contributed by atoms with Crippen molar-refractivity contribution in [3.63, 3.8) is 0 Å². The maximum Gasteiger partial charge on any atom is 0.329 e. The number of ether oxygens (including phenoxy) is 2. The number of fused-ring (bicyclic) bond motifs is 1. The van der Waals surface area contributed by atoms with E-state index in [-0.39, 0.29) is 0 Å². The van der Waals surface area contributed by atoms with E-state index in [4.69, 9.17) is 15.9 Å². The Kier molecular flexibility index (Phi) is 4.63. The van der Waals surface area contributed by atoms with Crippen LogP contribution in [0.5, 0.6) is 5.75 Å².